The summed E-state index contributed by atoms with van der Waals surface area (Å²) in [7, 11) is 3.24. The van der Waals surface area contributed by atoms with Gasteiger partial charge in [-0.05, 0) is 48.7 Å². The Hall–Kier alpha value is -3.28. The summed E-state index contributed by atoms with van der Waals surface area (Å²) in [6, 6.07) is 13.2. The van der Waals surface area contributed by atoms with Crippen molar-refractivity contribution in [3.63, 3.8) is 0 Å². The van der Waals surface area contributed by atoms with E-state index in [2.05, 4.69) is 0 Å². The summed E-state index contributed by atoms with van der Waals surface area (Å²) in [4.78, 5) is 25.7. The molecule has 0 N–H and O–H groups in total. The van der Waals surface area contributed by atoms with Crippen LogP contribution in [0.2, 0.25) is 0 Å². The van der Waals surface area contributed by atoms with Gasteiger partial charge in [-0.2, -0.15) is 0 Å². The van der Waals surface area contributed by atoms with Crippen LogP contribution in [-0.4, -0.2) is 44.1 Å². The van der Waals surface area contributed by atoms with E-state index in [1.54, 1.807) is 38.4 Å². The predicted molar refractivity (Wildman–Crippen MR) is 112 cm³/mol. The minimum absolute atomic E-state index is 0.266. The van der Waals surface area contributed by atoms with E-state index in [4.69, 9.17) is 14.2 Å². The monoisotopic (exact) mass is 397 g/mol. The second-order valence-electron chi connectivity index (χ2n) is 6.46. The molecule has 2 aromatic rings. The van der Waals surface area contributed by atoms with Crippen molar-refractivity contribution in [1.29, 1.82) is 0 Å². The van der Waals surface area contributed by atoms with E-state index >= 15 is 0 Å². The van der Waals surface area contributed by atoms with Crippen molar-refractivity contribution in [3.05, 3.63) is 65.2 Å². The number of methoxy groups -OCH3 is 1. The quantitative estimate of drug-likeness (QED) is 0.478. The molecule has 0 unspecified atom stereocenters. The Morgan fingerprint density at radius 3 is 2.55 bits per heavy atom. The van der Waals surface area contributed by atoms with Gasteiger partial charge in [-0.15, -0.1) is 0 Å². The fraction of sp³-hybridized carbons (Fsp3) is 0.304. The second-order valence-corrected chi connectivity index (χ2v) is 6.46. The molecule has 2 aromatic carbocycles. The van der Waals surface area contributed by atoms with Crippen molar-refractivity contribution in [2.75, 3.05) is 27.4 Å². The van der Waals surface area contributed by atoms with E-state index in [-0.39, 0.29) is 12.5 Å². The van der Waals surface area contributed by atoms with Crippen molar-refractivity contribution in [2.45, 2.75) is 20.4 Å². The topological polar surface area (TPSA) is 65.1 Å². The first kappa shape index (κ1) is 22.0. The molecule has 0 aromatic heterocycles. The van der Waals surface area contributed by atoms with Gasteiger partial charge in [0, 0.05) is 19.7 Å². The lowest BCUT2D eigenvalue weighted by atomic mass is 10.1. The summed E-state index contributed by atoms with van der Waals surface area (Å²) in [6.07, 6.45) is 2.88. The van der Waals surface area contributed by atoms with Crippen LogP contribution in [0.25, 0.3) is 6.08 Å². The molecule has 0 saturated carbocycles. The molecule has 154 valence electrons. The number of nitrogens with zero attached hydrogens (tertiary/aromatic N) is 1. The van der Waals surface area contributed by atoms with Gasteiger partial charge in [-0.1, -0.05) is 30.3 Å². The molecule has 0 heterocycles. The zero-order valence-electron chi connectivity index (χ0n) is 17.3. The largest absolute Gasteiger partial charge is 0.493 e. The summed E-state index contributed by atoms with van der Waals surface area (Å²) >= 11 is 0. The van der Waals surface area contributed by atoms with Crippen LogP contribution in [0.1, 0.15) is 23.6 Å². The third-order valence-electron chi connectivity index (χ3n) is 4.33. The van der Waals surface area contributed by atoms with Gasteiger partial charge < -0.3 is 19.1 Å². The van der Waals surface area contributed by atoms with Gasteiger partial charge in [-0.25, -0.2) is 4.79 Å². The number of amides is 1. The van der Waals surface area contributed by atoms with Gasteiger partial charge in [0.1, 0.15) is 0 Å². The molecule has 0 radical (unpaired) electrons. The maximum absolute atomic E-state index is 12.2. The summed E-state index contributed by atoms with van der Waals surface area (Å²) < 4.78 is 15.8. The van der Waals surface area contributed by atoms with Crippen LogP contribution in [0.3, 0.4) is 0 Å². The average molecular weight is 397 g/mol. The number of likely N-dealkylation sites (N-methyl/N-ethyl adjacent to an activating group) is 1. The highest BCUT2D eigenvalue weighted by Gasteiger charge is 2.12. The third-order valence-corrected chi connectivity index (χ3v) is 4.33. The highest BCUT2D eigenvalue weighted by molar-refractivity contribution is 5.89. The first-order chi connectivity index (χ1) is 13.9. The Bertz CT molecular complexity index is 875. The zero-order valence-corrected chi connectivity index (χ0v) is 17.3. The van der Waals surface area contributed by atoms with Crippen molar-refractivity contribution >= 4 is 18.0 Å². The molecule has 0 atom stereocenters. The minimum Gasteiger partial charge on any atom is -0.493 e. The smallest absolute Gasteiger partial charge is 0.331 e. The number of carbonyl (C=O) groups is 2. The van der Waals surface area contributed by atoms with E-state index in [9.17, 15) is 9.59 Å². The molecule has 0 fully saturated rings. The Morgan fingerprint density at radius 1 is 1.10 bits per heavy atom. The lowest BCUT2D eigenvalue weighted by Gasteiger charge is -2.18. The molecular weight excluding hydrogens is 370 g/mol. The number of hydrogen-bond donors (Lipinski definition) is 0. The van der Waals surface area contributed by atoms with Crippen LogP contribution >= 0.6 is 0 Å². The number of aryl methyl sites for hydroxylation is 1. The van der Waals surface area contributed by atoms with Crippen LogP contribution < -0.4 is 9.47 Å². The highest BCUT2D eigenvalue weighted by Crippen LogP contribution is 2.28. The van der Waals surface area contributed by atoms with Gasteiger partial charge >= 0.3 is 5.97 Å². The van der Waals surface area contributed by atoms with Crippen LogP contribution in [0, 0.1) is 6.92 Å². The van der Waals surface area contributed by atoms with Crippen LogP contribution in [-0.2, 0) is 20.9 Å². The SMILES string of the molecule is CCOc1ccc(/C=C/C(=O)OCC(=O)N(C)Cc2ccccc2C)cc1OC. The lowest BCUT2D eigenvalue weighted by Crippen LogP contribution is -2.30. The fourth-order valence-electron chi connectivity index (χ4n) is 2.65. The van der Waals surface area contributed by atoms with Crippen molar-refractivity contribution in [2.24, 2.45) is 0 Å². The van der Waals surface area contributed by atoms with Gasteiger partial charge in [-0.3, -0.25) is 4.79 Å². The predicted octanol–water partition coefficient (Wildman–Crippen LogP) is 3.62. The van der Waals surface area contributed by atoms with Gasteiger partial charge in [0.25, 0.3) is 5.91 Å². The maximum atomic E-state index is 12.2. The molecule has 0 spiro atoms. The summed E-state index contributed by atoms with van der Waals surface area (Å²) in [6.45, 7) is 4.57. The molecule has 29 heavy (non-hydrogen) atoms. The summed E-state index contributed by atoms with van der Waals surface area (Å²) in [5.74, 6) is 0.362. The van der Waals surface area contributed by atoms with E-state index in [0.717, 1.165) is 16.7 Å². The normalized spacial score (nSPS) is 10.6. The van der Waals surface area contributed by atoms with Gasteiger partial charge in [0.05, 0.1) is 13.7 Å². The molecule has 0 aliphatic rings. The lowest BCUT2D eigenvalue weighted by molar-refractivity contribution is -0.147. The molecule has 0 saturated heterocycles. The summed E-state index contributed by atoms with van der Waals surface area (Å²) in [5, 5.41) is 0. The Kier molecular flexibility index (Phi) is 8.27. The number of carbonyl (C=O) groups excluding carboxylic acids is 2. The highest BCUT2D eigenvalue weighted by atomic mass is 16.5. The van der Waals surface area contributed by atoms with Gasteiger partial charge in [0.15, 0.2) is 18.1 Å². The van der Waals surface area contributed by atoms with Crippen molar-refractivity contribution < 1.29 is 23.8 Å². The molecule has 6 nitrogen and oxygen atoms in total. The first-order valence-electron chi connectivity index (χ1n) is 9.38. The standard InChI is InChI=1S/C23H27NO5/c1-5-28-20-12-10-18(14-21(20)27-4)11-13-23(26)29-16-22(25)24(3)15-19-9-7-6-8-17(19)2/h6-14H,5,15-16H2,1-4H3/b13-11+. The van der Waals surface area contributed by atoms with Gasteiger partial charge in [0.2, 0.25) is 0 Å². The zero-order chi connectivity index (χ0) is 21.2. The molecule has 0 bridgehead atoms. The average Bonchev–Trinajstić information content (AvgIpc) is 2.72. The summed E-state index contributed by atoms with van der Waals surface area (Å²) in [5.41, 5.74) is 2.92. The van der Waals surface area contributed by atoms with Crippen molar-refractivity contribution in [1.82, 2.24) is 4.90 Å². The maximum Gasteiger partial charge on any atom is 0.331 e. The molecule has 2 rings (SSSR count). The molecule has 0 aliphatic carbocycles. The number of rotatable bonds is 9. The minimum atomic E-state index is -0.588. The number of ether oxygens (including phenoxy) is 3. The number of hydrogen-bond acceptors (Lipinski definition) is 5. The van der Waals surface area contributed by atoms with Crippen molar-refractivity contribution in [3.8, 4) is 11.5 Å². The van der Waals surface area contributed by atoms with E-state index in [0.29, 0.717) is 24.7 Å². The fourth-order valence-corrected chi connectivity index (χ4v) is 2.65. The second kappa shape index (κ2) is 10.9. The molecule has 6 heteroatoms. The Morgan fingerprint density at radius 2 is 1.86 bits per heavy atom. The van der Waals surface area contributed by atoms with E-state index in [1.807, 2.05) is 38.1 Å². The number of esters is 1. The third kappa shape index (κ3) is 6.68. The van der Waals surface area contributed by atoms with Crippen LogP contribution in [0.4, 0.5) is 0 Å². The molecular formula is C23H27NO5. The van der Waals surface area contributed by atoms with E-state index < -0.39 is 5.97 Å². The number of benzene rings is 2. The first-order valence-corrected chi connectivity index (χ1v) is 9.38. The Balaban J connectivity index is 1.87. The van der Waals surface area contributed by atoms with Crippen LogP contribution in [0.15, 0.2) is 48.5 Å². The molecule has 1 amide bonds. The van der Waals surface area contributed by atoms with E-state index in [1.165, 1.54) is 11.0 Å². The molecule has 0 aliphatic heterocycles. The Labute approximate surface area is 171 Å². The van der Waals surface area contributed by atoms with Crippen LogP contribution in [0.5, 0.6) is 11.5 Å².